The Morgan fingerprint density at radius 3 is 0.706 bits per heavy atom. The summed E-state index contributed by atoms with van der Waals surface area (Å²) in [6.07, 6.45) is 0. The van der Waals surface area contributed by atoms with E-state index in [9.17, 15) is 28.7 Å². The van der Waals surface area contributed by atoms with Crippen LogP contribution in [0.2, 0.25) is 0 Å². The molecule has 0 amide bonds. The van der Waals surface area contributed by atoms with Crippen molar-refractivity contribution in [3.05, 3.63) is 0 Å². The van der Waals surface area contributed by atoms with E-state index in [0.29, 0.717) is 0 Å². The van der Waals surface area contributed by atoms with E-state index in [-0.39, 0.29) is 269 Å². The molecule has 0 bridgehead atoms. The minimum atomic E-state index is -5.18. The Kier molecular flexibility index (Phi) is 99.5. The van der Waals surface area contributed by atoms with Crippen molar-refractivity contribution in [2.75, 3.05) is 5.90 Å². The SMILES string of the molecule is O=P([O-])([O-])CP(=O)([O-])[O-].[CaH2].[CaH2].[CaH2].[CaH2].[Na+].[Na+].[Na+].[Na+]. The molecule has 72 valence electrons. The minimum absolute atomic E-state index is 0. The Morgan fingerprint density at radius 2 is 0.706 bits per heavy atom. The van der Waals surface area contributed by atoms with Crippen LogP contribution in [0.1, 0.15) is 0 Å². The largest absolute Gasteiger partial charge is 1.00 e. The van der Waals surface area contributed by atoms with Crippen molar-refractivity contribution in [1.29, 1.82) is 0 Å². The molecule has 0 aliphatic carbocycles. The van der Waals surface area contributed by atoms with Gasteiger partial charge in [0.2, 0.25) is 0 Å². The van der Waals surface area contributed by atoms with E-state index in [1.165, 1.54) is 0 Å². The Morgan fingerprint density at radius 1 is 0.588 bits per heavy atom. The van der Waals surface area contributed by atoms with Gasteiger partial charge in [0.05, 0.1) is 0 Å². The average molecular weight is 432 g/mol. The normalized spacial score (nSPS) is 7.29. The van der Waals surface area contributed by atoms with Gasteiger partial charge in [-0.1, -0.05) is 15.2 Å². The molecule has 0 aromatic heterocycles. The van der Waals surface area contributed by atoms with Crippen molar-refractivity contribution in [3.63, 3.8) is 0 Å². The van der Waals surface area contributed by atoms with Gasteiger partial charge in [0.25, 0.3) is 0 Å². The van der Waals surface area contributed by atoms with Gasteiger partial charge in [-0.05, 0) is 0 Å². The predicted molar refractivity (Wildman–Crippen MR) is 54.3 cm³/mol. The van der Waals surface area contributed by atoms with Gasteiger partial charge in [-0.3, -0.25) is 0 Å². The van der Waals surface area contributed by atoms with Crippen molar-refractivity contribution in [2.45, 2.75) is 0 Å². The zero-order valence-electron chi connectivity index (χ0n) is 8.05. The molecule has 0 aromatic carbocycles. The summed E-state index contributed by atoms with van der Waals surface area (Å²) in [5, 5.41) is 0. The fraction of sp³-hybridized carbons (Fsp3) is 1.00. The third-order valence-corrected chi connectivity index (χ3v) is 3.12. The first-order valence-electron chi connectivity index (χ1n) is 1.73. The van der Waals surface area contributed by atoms with Crippen molar-refractivity contribution in [1.82, 2.24) is 0 Å². The molecule has 0 aromatic rings. The van der Waals surface area contributed by atoms with E-state index < -0.39 is 21.1 Å². The summed E-state index contributed by atoms with van der Waals surface area (Å²) in [5.41, 5.74) is 0. The van der Waals surface area contributed by atoms with Gasteiger partial charge in [0, 0.05) is 5.90 Å². The maximum absolute atomic E-state index is 9.55. The van der Waals surface area contributed by atoms with Crippen LogP contribution in [0, 0.1) is 0 Å². The van der Waals surface area contributed by atoms with E-state index in [0.717, 1.165) is 0 Å². The summed E-state index contributed by atoms with van der Waals surface area (Å²) < 4.78 is 19.1. The zero-order valence-corrected chi connectivity index (χ0v) is 17.8. The van der Waals surface area contributed by atoms with Gasteiger partial charge in [0.15, 0.2) is 0 Å². The Bertz CT molecular complexity index is 176. The topological polar surface area (TPSA) is 126 Å². The molecular formula is CH10Ca4Na4O6P2. The smallest absolute Gasteiger partial charge is 1.00 e. The molecule has 16 heteroatoms. The minimum Gasteiger partial charge on any atom is 1.00 e. The molecule has 0 saturated heterocycles. The molecule has 0 unspecified atom stereocenters. The van der Waals surface area contributed by atoms with Crippen LogP contribution in [0.5, 0.6) is 0 Å². The maximum atomic E-state index is 9.55. The number of rotatable bonds is 2. The monoisotopic (exact) mass is 432 g/mol. The van der Waals surface area contributed by atoms with E-state index in [4.69, 9.17) is 0 Å². The molecule has 0 N–H and O–H groups in total. The van der Waals surface area contributed by atoms with Gasteiger partial charge in [0.1, 0.15) is 0 Å². The molecular weight excluding hydrogens is 422 g/mol. The van der Waals surface area contributed by atoms with Crippen LogP contribution in [-0.2, 0) is 9.13 Å². The van der Waals surface area contributed by atoms with Crippen molar-refractivity contribution in [3.8, 4) is 0 Å². The van der Waals surface area contributed by atoms with Gasteiger partial charge in [-0.15, -0.1) is 0 Å². The first-order chi connectivity index (χ1) is 3.71. The molecule has 0 aliphatic rings. The Hall–Kier alpha value is 9.34. The fourth-order valence-corrected chi connectivity index (χ4v) is 1.91. The van der Waals surface area contributed by atoms with Crippen LogP contribution in [-0.4, -0.2) is 157 Å². The van der Waals surface area contributed by atoms with Crippen LogP contribution in [0.3, 0.4) is 0 Å². The summed E-state index contributed by atoms with van der Waals surface area (Å²) in [5.74, 6) is -1.82. The van der Waals surface area contributed by atoms with E-state index in [2.05, 4.69) is 0 Å². The maximum Gasteiger partial charge on any atom is 1.00 e. The van der Waals surface area contributed by atoms with E-state index in [1.54, 1.807) is 0 Å². The third kappa shape index (κ3) is 58.7. The number of hydrogen-bond acceptors (Lipinski definition) is 6. The van der Waals surface area contributed by atoms with Crippen LogP contribution in [0.4, 0.5) is 0 Å². The van der Waals surface area contributed by atoms with Crippen molar-refractivity contribution >= 4 is 166 Å². The van der Waals surface area contributed by atoms with Crippen LogP contribution in [0.25, 0.3) is 0 Å². The second-order valence-corrected chi connectivity index (χ2v) is 4.94. The molecule has 0 rings (SSSR count). The molecule has 0 fully saturated rings. The summed E-state index contributed by atoms with van der Waals surface area (Å²) in [6, 6.07) is 0. The van der Waals surface area contributed by atoms with Crippen LogP contribution >= 0.6 is 15.2 Å². The molecule has 0 aliphatic heterocycles. The second-order valence-electron chi connectivity index (χ2n) is 1.36. The molecule has 0 spiro atoms. The van der Waals surface area contributed by atoms with E-state index >= 15 is 0 Å². The van der Waals surface area contributed by atoms with Crippen LogP contribution < -0.4 is 138 Å². The van der Waals surface area contributed by atoms with Crippen molar-refractivity contribution in [2.24, 2.45) is 0 Å². The molecule has 17 heavy (non-hydrogen) atoms. The Labute approximate surface area is 309 Å². The molecule has 0 saturated carbocycles. The zero-order chi connectivity index (χ0) is 7.71. The van der Waals surface area contributed by atoms with Gasteiger partial charge >= 0.3 is 269 Å². The average Bonchev–Trinajstić information content (AvgIpc) is 1.14. The summed E-state index contributed by atoms with van der Waals surface area (Å²) >= 11 is 0. The van der Waals surface area contributed by atoms with Gasteiger partial charge < -0.3 is 28.7 Å². The van der Waals surface area contributed by atoms with E-state index in [1.807, 2.05) is 0 Å². The predicted octanol–water partition coefficient (Wildman–Crippen LogP) is -18.9. The van der Waals surface area contributed by atoms with Crippen LogP contribution in [0.15, 0.2) is 0 Å². The summed E-state index contributed by atoms with van der Waals surface area (Å²) in [6.45, 7) is 0. The van der Waals surface area contributed by atoms with Gasteiger partial charge in [-0.25, -0.2) is 0 Å². The standard InChI is InChI=1S/CH6O6P2.4Ca.4Na.8H/c2-8(3,4)1-9(5,6)7;;;;;;;;;;;;;;;;/h1H2,(H2,2,3,4)(H2,5,6,7);;;;;;;;;;;;;;;;/q;;;;;4*+1;;;;;;;;/p-4. The third-order valence-electron chi connectivity index (χ3n) is 0.346. The molecule has 0 atom stereocenters. The first kappa shape index (κ1) is 56.3. The first-order valence-corrected chi connectivity index (χ1v) is 5.18. The number of hydrogen-bond donors (Lipinski definition) is 0. The summed E-state index contributed by atoms with van der Waals surface area (Å²) in [4.78, 5) is 38.2. The quantitative estimate of drug-likeness (QED) is 0.315. The molecule has 6 nitrogen and oxygen atoms in total. The summed E-state index contributed by atoms with van der Waals surface area (Å²) in [7, 11) is -10.4. The Balaban J connectivity index is -0.0000000114. The second kappa shape index (κ2) is 30.1. The van der Waals surface area contributed by atoms with Gasteiger partial charge in [-0.2, -0.15) is 0 Å². The van der Waals surface area contributed by atoms with Crippen molar-refractivity contribution < 1.29 is 147 Å². The molecule has 0 radical (unpaired) electrons. The molecule has 0 heterocycles. The fourth-order valence-electron chi connectivity index (χ4n) is 0.212.